The number of rotatable bonds is 5. The molecule has 0 aromatic heterocycles. The van der Waals surface area contributed by atoms with Gasteiger partial charge in [0.05, 0.1) is 4.92 Å². The van der Waals surface area contributed by atoms with Crippen LogP contribution in [0.3, 0.4) is 0 Å². The van der Waals surface area contributed by atoms with Crippen LogP contribution >= 0.6 is 11.6 Å². The van der Waals surface area contributed by atoms with Crippen molar-refractivity contribution in [2.45, 2.75) is 13.8 Å². The molecule has 2 aromatic rings. The number of nitrogens with zero attached hydrogens (tertiary/aromatic N) is 2. The number of aliphatic imine (C=N–C) groups is 1. The van der Waals surface area contributed by atoms with Crippen LogP contribution in [0.1, 0.15) is 25.0 Å². The zero-order valence-electron chi connectivity index (χ0n) is 16.1. The summed E-state index contributed by atoms with van der Waals surface area (Å²) < 4.78 is 15.1. The lowest BCUT2D eigenvalue weighted by Crippen LogP contribution is -2.07. The van der Waals surface area contributed by atoms with Gasteiger partial charge in [0.1, 0.15) is 5.02 Å². The molecule has 0 unspecified atom stereocenters. The third kappa shape index (κ3) is 5.11. The molecule has 0 N–H and O–H groups in total. The van der Waals surface area contributed by atoms with Crippen molar-refractivity contribution in [2.75, 3.05) is 0 Å². The fraction of sp³-hybridized carbons (Fsp3) is 0.100. The number of esters is 3. The van der Waals surface area contributed by atoms with Gasteiger partial charge in [-0.2, -0.15) is 0 Å². The summed E-state index contributed by atoms with van der Waals surface area (Å²) in [6.07, 6.45) is 1.35. The van der Waals surface area contributed by atoms with Gasteiger partial charge < -0.3 is 14.2 Å². The predicted molar refractivity (Wildman–Crippen MR) is 108 cm³/mol. The molecule has 0 atom stereocenters. The van der Waals surface area contributed by atoms with Gasteiger partial charge in [-0.25, -0.2) is 9.79 Å². The lowest BCUT2D eigenvalue weighted by Gasteiger charge is -2.09. The van der Waals surface area contributed by atoms with E-state index >= 15 is 0 Å². The maximum atomic E-state index is 12.2. The van der Waals surface area contributed by atoms with Gasteiger partial charge in [-0.05, 0) is 35.9 Å². The number of cyclic esters (lactones) is 1. The fourth-order valence-electron chi connectivity index (χ4n) is 2.56. The Labute approximate surface area is 179 Å². The standard InChI is InChI=1S/C20H13ClN2O8/c1-10(24)29-17-6-3-12(8-18(17)30-11(2)25)7-15-20(26)31-19(22-15)13-4-5-14(21)16(9-13)23(27)28/h3-9H,1-2H3. The van der Waals surface area contributed by atoms with Gasteiger partial charge in [0.15, 0.2) is 17.2 Å². The minimum absolute atomic E-state index is 0.0245. The molecule has 1 heterocycles. The van der Waals surface area contributed by atoms with E-state index in [2.05, 4.69) is 4.99 Å². The Hall–Kier alpha value is -4.05. The summed E-state index contributed by atoms with van der Waals surface area (Å²) in [7, 11) is 0. The number of hydrogen-bond donors (Lipinski definition) is 0. The summed E-state index contributed by atoms with van der Waals surface area (Å²) >= 11 is 5.79. The topological polar surface area (TPSA) is 134 Å². The van der Waals surface area contributed by atoms with E-state index in [1.54, 1.807) is 0 Å². The molecule has 158 valence electrons. The number of carbonyl (C=O) groups is 3. The summed E-state index contributed by atoms with van der Waals surface area (Å²) in [5, 5.41) is 11.0. The summed E-state index contributed by atoms with van der Waals surface area (Å²) in [4.78, 5) is 49.2. The molecule has 0 amide bonds. The lowest BCUT2D eigenvalue weighted by molar-refractivity contribution is -0.384. The molecule has 0 saturated carbocycles. The normalized spacial score (nSPS) is 14.1. The molecule has 0 fully saturated rings. The Bertz CT molecular complexity index is 1190. The molecule has 1 aliphatic rings. The first-order chi connectivity index (χ1) is 14.6. The molecular weight excluding hydrogens is 432 g/mol. The second-order valence-electron chi connectivity index (χ2n) is 6.15. The maximum Gasteiger partial charge on any atom is 0.363 e. The van der Waals surface area contributed by atoms with Crippen LogP contribution < -0.4 is 9.47 Å². The molecule has 0 bridgehead atoms. The summed E-state index contributed by atoms with van der Waals surface area (Å²) in [6.45, 7) is 2.37. The van der Waals surface area contributed by atoms with Crippen LogP contribution in [0.5, 0.6) is 11.5 Å². The minimum atomic E-state index is -0.786. The summed E-state index contributed by atoms with van der Waals surface area (Å²) in [5.41, 5.74) is 0.133. The molecule has 3 rings (SSSR count). The summed E-state index contributed by atoms with van der Waals surface area (Å²) in [5.74, 6) is -2.16. The highest BCUT2D eigenvalue weighted by Crippen LogP contribution is 2.31. The van der Waals surface area contributed by atoms with Crippen molar-refractivity contribution in [2.24, 2.45) is 4.99 Å². The minimum Gasteiger partial charge on any atom is -0.423 e. The Morgan fingerprint density at radius 3 is 2.42 bits per heavy atom. The Morgan fingerprint density at radius 1 is 1.10 bits per heavy atom. The van der Waals surface area contributed by atoms with Crippen molar-refractivity contribution in [3.63, 3.8) is 0 Å². The zero-order valence-corrected chi connectivity index (χ0v) is 16.8. The Kier molecular flexibility index (Phi) is 6.12. The first-order valence-corrected chi connectivity index (χ1v) is 8.99. The number of ether oxygens (including phenoxy) is 3. The SMILES string of the molecule is CC(=O)Oc1ccc(C=C2N=C(c3ccc(Cl)c([N+](=O)[O-])c3)OC2=O)cc1OC(C)=O. The molecule has 1 aliphatic heterocycles. The maximum absolute atomic E-state index is 12.2. The highest BCUT2D eigenvalue weighted by molar-refractivity contribution is 6.32. The highest BCUT2D eigenvalue weighted by Gasteiger charge is 2.26. The van der Waals surface area contributed by atoms with E-state index < -0.39 is 22.8 Å². The van der Waals surface area contributed by atoms with Crippen LogP contribution in [-0.2, 0) is 19.1 Å². The number of benzene rings is 2. The van der Waals surface area contributed by atoms with Crippen molar-refractivity contribution in [3.8, 4) is 11.5 Å². The van der Waals surface area contributed by atoms with Gasteiger partial charge in [0.2, 0.25) is 5.90 Å². The average Bonchev–Trinajstić information content (AvgIpc) is 3.03. The van der Waals surface area contributed by atoms with Gasteiger partial charge in [0.25, 0.3) is 5.69 Å². The van der Waals surface area contributed by atoms with Crippen molar-refractivity contribution >= 4 is 47.2 Å². The molecule has 0 aliphatic carbocycles. The molecule has 11 heteroatoms. The van der Waals surface area contributed by atoms with Crippen molar-refractivity contribution < 1.29 is 33.5 Å². The fourth-order valence-corrected chi connectivity index (χ4v) is 2.75. The van der Waals surface area contributed by atoms with E-state index in [-0.39, 0.29) is 39.4 Å². The third-order valence-electron chi connectivity index (χ3n) is 3.79. The molecule has 2 aromatic carbocycles. The van der Waals surface area contributed by atoms with E-state index in [1.165, 1.54) is 50.3 Å². The Morgan fingerprint density at radius 2 is 1.77 bits per heavy atom. The second kappa shape index (κ2) is 8.76. The largest absolute Gasteiger partial charge is 0.423 e. The number of nitro groups is 1. The van der Waals surface area contributed by atoms with Crippen molar-refractivity contribution in [3.05, 3.63) is 68.4 Å². The molecule has 0 spiro atoms. The van der Waals surface area contributed by atoms with Crippen LogP contribution in [-0.4, -0.2) is 28.7 Å². The second-order valence-corrected chi connectivity index (χ2v) is 6.56. The smallest absolute Gasteiger partial charge is 0.363 e. The van der Waals surface area contributed by atoms with Crippen LogP contribution in [0.4, 0.5) is 5.69 Å². The van der Waals surface area contributed by atoms with Crippen LogP contribution in [0.2, 0.25) is 5.02 Å². The van der Waals surface area contributed by atoms with Gasteiger partial charge in [0, 0.05) is 25.5 Å². The zero-order chi connectivity index (χ0) is 22.7. The van der Waals surface area contributed by atoms with Gasteiger partial charge in [-0.1, -0.05) is 17.7 Å². The van der Waals surface area contributed by atoms with E-state index in [0.717, 1.165) is 6.07 Å². The number of nitro benzene ring substituents is 1. The molecule has 10 nitrogen and oxygen atoms in total. The van der Waals surface area contributed by atoms with E-state index in [0.29, 0.717) is 5.56 Å². The lowest BCUT2D eigenvalue weighted by atomic mass is 10.1. The third-order valence-corrected chi connectivity index (χ3v) is 4.11. The predicted octanol–water partition coefficient (Wildman–Crippen LogP) is 3.44. The average molecular weight is 445 g/mol. The first-order valence-electron chi connectivity index (χ1n) is 8.62. The van der Waals surface area contributed by atoms with Gasteiger partial charge >= 0.3 is 17.9 Å². The van der Waals surface area contributed by atoms with E-state index in [1.807, 2.05) is 0 Å². The van der Waals surface area contributed by atoms with Crippen LogP contribution in [0.25, 0.3) is 6.08 Å². The van der Waals surface area contributed by atoms with Crippen LogP contribution in [0, 0.1) is 10.1 Å². The number of carbonyl (C=O) groups excluding carboxylic acids is 3. The molecule has 0 saturated heterocycles. The Balaban J connectivity index is 1.96. The monoisotopic (exact) mass is 444 g/mol. The van der Waals surface area contributed by atoms with E-state index in [9.17, 15) is 24.5 Å². The van der Waals surface area contributed by atoms with Gasteiger partial charge in [-0.3, -0.25) is 19.7 Å². The molecular formula is C20H13ClN2O8. The van der Waals surface area contributed by atoms with E-state index in [4.69, 9.17) is 25.8 Å². The number of hydrogen-bond acceptors (Lipinski definition) is 9. The molecule has 0 radical (unpaired) electrons. The van der Waals surface area contributed by atoms with Gasteiger partial charge in [-0.15, -0.1) is 0 Å². The van der Waals surface area contributed by atoms with Crippen LogP contribution in [0.15, 0.2) is 47.1 Å². The quantitative estimate of drug-likeness (QED) is 0.225. The highest BCUT2D eigenvalue weighted by atomic mass is 35.5. The summed E-state index contributed by atoms with van der Waals surface area (Å²) in [6, 6.07) is 8.14. The molecule has 31 heavy (non-hydrogen) atoms. The first kappa shape index (κ1) is 21.7. The van der Waals surface area contributed by atoms with Crippen molar-refractivity contribution in [1.82, 2.24) is 0 Å². The number of halogens is 1. The van der Waals surface area contributed by atoms with Crippen molar-refractivity contribution in [1.29, 1.82) is 0 Å².